The van der Waals surface area contributed by atoms with Gasteiger partial charge in [-0.15, -0.1) is 0 Å². The van der Waals surface area contributed by atoms with Crippen molar-refractivity contribution in [2.24, 2.45) is 5.92 Å². The van der Waals surface area contributed by atoms with E-state index >= 15 is 0 Å². The Bertz CT molecular complexity index is 1190. The first-order chi connectivity index (χ1) is 20.2. The monoisotopic (exact) mass is 578 g/mol. The van der Waals surface area contributed by atoms with E-state index in [4.69, 9.17) is 4.74 Å². The highest BCUT2D eigenvalue weighted by Crippen LogP contribution is 2.35. The minimum Gasteiger partial charge on any atom is -0.508 e. The minimum absolute atomic E-state index is 0.0179. The number of phenolic OH excluding ortho intramolecular Hbond substituents is 1. The van der Waals surface area contributed by atoms with Crippen LogP contribution in [0.2, 0.25) is 0 Å². The summed E-state index contributed by atoms with van der Waals surface area (Å²) >= 11 is 0. The number of ether oxygens (including phenoxy) is 1. The third kappa shape index (κ3) is 8.12. The second-order valence-corrected chi connectivity index (χ2v) is 12.2. The average molecular weight is 579 g/mol. The maximum absolute atomic E-state index is 13.8. The summed E-state index contributed by atoms with van der Waals surface area (Å²) in [5.74, 6) is 0.710. The fourth-order valence-electron chi connectivity index (χ4n) is 6.38. The Labute approximate surface area is 252 Å². The average Bonchev–Trinajstić information content (AvgIpc) is 3.21. The molecule has 0 spiro atoms. The topological polar surface area (TPSA) is 76.6 Å². The Hall–Kier alpha value is -2.94. The van der Waals surface area contributed by atoms with Crippen LogP contribution in [-0.2, 0) is 9.53 Å². The molecule has 1 N–H and O–H groups in total. The van der Waals surface area contributed by atoms with Gasteiger partial charge in [0.25, 0.3) is 5.91 Å². The molecule has 8 heteroatoms. The van der Waals surface area contributed by atoms with E-state index in [1.165, 1.54) is 6.42 Å². The highest BCUT2D eigenvalue weighted by atomic mass is 16.5. The summed E-state index contributed by atoms with van der Waals surface area (Å²) in [6, 6.07) is 16.2. The van der Waals surface area contributed by atoms with E-state index in [0.717, 1.165) is 43.7 Å². The molecule has 0 saturated carbocycles. The highest BCUT2D eigenvalue weighted by molar-refractivity contribution is 5.94. The van der Waals surface area contributed by atoms with Gasteiger partial charge in [-0.2, -0.15) is 0 Å². The first-order valence-electron chi connectivity index (χ1n) is 15.8. The molecule has 2 aromatic rings. The molecular weight excluding hydrogens is 528 g/mol. The number of piperazine rings is 1. The van der Waals surface area contributed by atoms with Gasteiger partial charge in [-0.1, -0.05) is 44.5 Å². The zero-order chi connectivity index (χ0) is 30.2. The number of esters is 1. The molecule has 4 atom stereocenters. The van der Waals surface area contributed by atoms with Crippen LogP contribution >= 0.6 is 0 Å². The lowest BCUT2D eigenvalue weighted by Gasteiger charge is -2.48. The summed E-state index contributed by atoms with van der Waals surface area (Å²) in [5.41, 5.74) is 2.76. The summed E-state index contributed by atoms with van der Waals surface area (Å²) in [4.78, 5) is 34.9. The first-order valence-corrected chi connectivity index (χ1v) is 15.8. The maximum atomic E-state index is 13.8. The fourth-order valence-corrected chi connectivity index (χ4v) is 6.38. The lowest BCUT2D eigenvalue weighted by Crippen LogP contribution is -2.57. The third-order valence-corrected chi connectivity index (χ3v) is 8.91. The van der Waals surface area contributed by atoms with Crippen LogP contribution in [0.25, 0.3) is 0 Å². The third-order valence-electron chi connectivity index (χ3n) is 8.91. The van der Waals surface area contributed by atoms with Crippen molar-refractivity contribution >= 4 is 11.9 Å². The number of amides is 1. The number of carbonyl (C=O) groups excluding carboxylic acids is 2. The predicted octanol–water partition coefficient (Wildman–Crippen LogP) is 4.63. The van der Waals surface area contributed by atoms with Gasteiger partial charge in [0.15, 0.2) is 0 Å². The van der Waals surface area contributed by atoms with Crippen molar-refractivity contribution in [3.63, 3.8) is 0 Å². The zero-order valence-electron chi connectivity index (χ0n) is 26.2. The number of rotatable bonds is 10. The van der Waals surface area contributed by atoms with Crippen molar-refractivity contribution in [2.75, 3.05) is 59.0 Å². The predicted molar refractivity (Wildman–Crippen MR) is 167 cm³/mol. The van der Waals surface area contributed by atoms with Crippen molar-refractivity contribution in [1.82, 2.24) is 19.6 Å². The zero-order valence-corrected chi connectivity index (χ0v) is 26.2. The van der Waals surface area contributed by atoms with Crippen LogP contribution in [0.15, 0.2) is 48.5 Å². The second kappa shape index (κ2) is 15.0. The summed E-state index contributed by atoms with van der Waals surface area (Å²) in [5, 5.41) is 10.4. The van der Waals surface area contributed by atoms with E-state index in [2.05, 4.69) is 54.5 Å². The van der Waals surface area contributed by atoms with Crippen molar-refractivity contribution in [3.8, 4) is 5.75 Å². The van der Waals surface area contributed by atoms with Gasteiger partial charge >= 0.3 is 5.97 Å². The Morgan fingerprint density at radius 3 is 2.40 bits per heavy atom. The van der Waals surface area contributed by atoms with Gasteiger partial charge in [0.05, 0.1) is 19.2 Å². The molecule has 8 nitrogen and oxygen atoms in total. The van der Waals surface area contributed by atoms with Crippen molar-refractivity contribution in [3.05, 3.63) is 65.2 Å². The van der Waals surface area contributed by atoms with E-state index in [0.29, 0.717) is 49.8 Å². The van der Waals surface area contributed by atoms with Crippen LogP contribution < -0.4 is 0 Å². The van der Waals surface area contributed by atoms with Crippen molar-refractivity contribution in [2.45, 2.75) is 65.6 Å². The van der Waals surface area contributed by atoms with Crippen LogP contribution in [0.1, 0.15) is 75.0 Å². The molecule has 4 rings (SSSR count). The molecule has 0 aromatic heterocycles. The van der Waals surface area contributed by atoms with Gasteiger partial charge in [-0.25, -0.2) is 0 Å². The minimum atomic E-state index is -0.216. The van der Waals surface area contributed by atoms with Gasteiger partial charge in [0, 0.05) is 63.5 Å². The maximum Gasteiger partial charge on any atom is 0.320 e. The van der Waals surface area contributed by atoms with Crippen LogP contribution in [0.5, 0.6) is 5.75 Å². The fraction of sp³-hybridized carbons (Fsp3) is 0.588. The lowest BCUT2D eigenvalue weighted by molar-refractivity contribution is -0.144. The summed E-state index contributed by atoms with van der Waals surface area (Å²) in [6.07, 6.45) is 1.99. The molecule has 2 aliphatic heterocycles. The number of phenols is 1. The van der Waals surface area contributed by atoms with E-state index in [1.54, 1.807) is 6.07 Å². The van der Waals surface area contributed by atoms with Crippen LogP contribution in [0.3, 0.4) is 0 Å². The number of hydrogen-bond acceptors (Lipinski definition) is 7. The Morgan fingerprint density at radius 2 is 1.69 bits per heavy atom. The second-order valence-electron chi connectivity index (χ2n) is 12.2. The van der Waals surface area contributed by atoms with Crippen LogP contribution in [0.4, 0.5) is 0 Å². The first kappa shape index (κ1) is 32.0. The summed E-state index contributed by atoms with van der Waals surface area (Å²) < 4.78 is 5.12. The number of nitrogens with zero attached hydrogens (tertiary/aromatic N) is 4. The number of carbonyl (C=O) groups is 2. The smallest absolute Gasteiger partial charge is 0.320 e. The summed E-state index contributed by atoms with van der Waals surface area (Å²) in [6.45, 7) is 17.3. The van der Waals surface area contributed by atoms with E-state index in [1.807, 2.05) is 42.2 Å². The SMILES string of the molecule is CCOC(=O)CN1CCCN(C(=O)c2cccc(C(c3cccc(O)c3)N3C[C@@H](C)N(CC(C)CC)C[C@@H]3C)c2)CC1. The van der Waals surface area contributed by atoms with Crippen LogP contribution in [-0.4, -0.2) is 108 Å². The number of aromatic hydroxyl groups is 1. The van der Waals surface area contributed by atoms with Crippen LogP contribution in [0, 0.1) is 5.92 Å². The molecule has 2 saturated heterocycles. The largest absolute Gasteiger partial charge is 0.508 e. The molecule has 2 heterocycles. The standard InChI is InChI=1S/C34H50N4O4/c1-6-25(3)21-37-22-27(5)38(23-26(37)4)33(29-12-9-14-31(39)20-29)28-11-8-13-30(19-28)34(41)36-16-10-15-35(17-18-36)24-32(40)42-7-2/h8-9,11-14,19-20,25-27,33,39H,6-7,10,15-18,21-24H2,1-5H3/t25?,26-,27+,33?/m1/s1. The Balaban J connectivity index is 1.56. The van der Waals surface area contributed by atoms with Gasteiger partial charge in [-0.3, -0.25) is 24.3 Å². The lowest BCUT2D eigenvalue weighted by atomic mass is 9.92. The number of benzene rings is 2. The molecular formula is C34H50N4O4. The molecule has 1 amide bonds. The van der Waals surface area contributed by atoms with Gasteiger partial charge < -0.3 is 14.7 Å². The Kier molecular flexibility index (Phi) is 11.4. The molecule has 0 radical (unpaired) electrons. The molecule has 2 fully saturated rings. The molecule has 230 valence electrons. The summed E-state index contributed by atoms with van der Waals surface area (Å²) in [7, 11) is 0. The Morgan fingerprint density at radius 1 is 0.952 bits per heavy atom. The van der Waals surface area contributed by atoms with Gasteiger partial charge in [-0.05, 0) is 68.5 Å². The molecule has 2 aromatic carbocycles. The quantitative estimate of drug-likeness (QED) is 0.412. The van der Waals surface area contributed by atoms with Crippen molar-refractivity contribution in [1.29, 1.82) is 0 Å². The normalized spacial score (nSPS) is 22.4. The molecule has 2 aliphatic rings. The van der Waals surface area contributed by atoms with E-state index < -0.39 is 0 Å². The van der Waals surface area contributed by atoms with Crippen molar-refractivity contribution < 1.29 is 19.4 Å². The highest BCUT2D eigenvalue weighted by Gasteiger charge is 2.35. The van der Waals surface area contributed by atoms with E-state index in [-0.39, 0.29) is 30.2 Å². The number of hydrogen-bond donors (Lipinski definition) is 1. The molecule has 42 heavy (non-hydrogen) atoms. The van der Waals surface area contributed by atoms with Gasteiger partial charge in [0.2, 0.25) is 0 Å². The molecule has 0 bridgehead atoms. The molecule has 0 aliphatic carbocycles. The van der Waals surface area contributed by atoms with Gasteiger partial charge in [0.1, 0.15) is 5.75 Å². The molecule has 2 unspecified atom stereocenters. The van der Waals surface area contributed by atoms with E-state index in [9.17, 15) is 14.7 Å².